The number of hydrogen-bond acceptors (Lipinski definition) is 3. The lowest BCUT2D eigenvalue weighted by molar-refractivity contribution is -0.385. The van der Waals surface area contributed by atoms with Gasteiger partial charge in [0.15, 0.2) is 0 Å². The van der Waals surface area contributed by atoms with E-state index in [-0.39, 0.29) is 11.3 Å². The Labute approximate surface area is 121 Å². The third-order valence-electron chi connectivity index (χ3n) is 3.06. The van der Waals surface area contributed by atoms with E-state index in [1.165, 1.54) is 12.1 Å². The molecule has 2 rings (SSSR count). The minimum absolute atomic E-state index is 0.0263. The summed E-state index contributed by atoms with van der Waals surface area (Å²) in [6, 6.07) is 13.3. The normalized spacial score (nSPS) is 11.2. The first-order valence-corrected chi connectivity index (χ1v) is 6.24. The van der Waals surface area contributed by atoms with Crippen LogP contribution in [0.1, 0.15) is 16.7 Å². The standard InChI is InChI=1S/C16H13NO4/c1-11-7-8-12(10-15(11)17(20)21)9-14(16(18)19)13-5-3-2-4-6-13/h2-10H,1H3,(H,18,19)/b14-9-. The van der Waals surface area contributed by atoms with Gasteiger partial charge in [-0.1, -0.05) is 42.5 Å². The van der Waals surface area contributed by atoms with Gasteiger partial charge in [-0.3, -0.25) is 10.1 Å². The molecule has 106 valence electrons. The van der Waals surface area contributed by atoms with Crippen LogP contribution in [0.15, 0.2) is 48.5 Å². The van der Waals surface area contributed by atoms with Crippen molar-refractivity contribution in [3.8, 4) is 0 Å². The Morgan fingerprint density at radius 3 is 2.43 bits per heavy atom. The highest BCUT2D eigenvalue weighted by Crippen LogP contribution is 2.23. The van der Waals surface area contributed by atoms with Crippen molar-refractivity contribution in [2.45, 2.75) is 6.92 Å². The number of aliphatic carboxylic acids is 1. The number of benzene rings is 2. The van der Waals surface area contributed by atoms with Gasteiger partial charge in [0, 0.05) is 11.6 Å². The molecule has 0 radical (unpaired) electrons. The van der Waals surface area contributed by atoms with E-state index < -0.39 is 10.9 Å². The van der Waals surface area contributed by atoms with Crippen LogP contribution < -0.4 is 0 Å². The van der Waals surface area contributed by atoms with Gasteiger partial charge in [-0.05, 0) is 24.1 Å². The van der Waals surface area contributed by atoms with E-state index in [0.29, 0.717) is 16.7 Å². The van der Waals surface area contributed by atoms with Crippen LogP contribution in [0.4, 0.5) is 5.69 Å². The number of aryl methyl sites for hydroxylation is 1. The van der Waals surface area contributed by atoms with Crippen LogP contribution in [0.2, 0.25) is 0 Å². The fraction of sp³-hybridized carbons (Fsp3) is 0.0625. The topological polar surface area (TPSA) is 80.4 Å². The SMILES string of the molecule is Cc1ccc(/C=C(\C(=O)O)c2ccccc2)cc1[N+](=O)[O-]. The maximum absolute atomic E-state index is 11.4. The third-order valence-corrected chi connectivity index (χ3v) is 3.06. The van der Waals surface area contributed by atoms with Crippen LogP contribution in [-0.2, 0) is 4.79 Å². The summed E-state index contributed by atoms with van der Waals surface area (Å²) in [5.41, 5.74) is 1.63. The lowest BCUT2D eigenvalue weighted by Gasteiger charge is -2.04. The van der Waals surface area contributed by atoms with Crippen molar-refractivity contribution in [2.75, 3.05) is 0 Å². The molecule has 0 saturated heterocycles. The van der Waals surface area contributed by atoms with E-state index in [1.807, 2.05) is 0 Å². The lowest BCUT2D eigenvalue weighted by atomic mass is 10.0. The second kappa shape index (κ2) is 6.00. The molecule has 0 unspecified atom stereocenters. The Morgan fingerprint density at radius 2 is 1.86 bits per heavy atom. The van der Waals surface area contributed by atoms with Crippen LogP contribution in [0.3, 0.4) is 0 Å². The Kier molecular flexibility index (Phi) is 4.13. The molecular weight excluding hydrogens is 270 g/mol. The fourth-order valence-corrected chi connectivity index (χ4v) is 1.97. The molecule has 0 saturated carbocycles. The summed E-state index contributed by atoms with van der Waals surface area (Å²) in [6.07, 6.45) is 1.43. The Morgan fingerprint density at radius 1 is 1.19 bits per heavy atom. The molecule has 0 aliphatic carbocycles. The monoisotopic (exact) mass is 283 g/mol. The first kappa shape index (κ1) is 14.5. The van der Waals surface area contributed by atoms with Crippen molar-refractivity contribution in [2.24, 2.45) is 0 Å². The summed E-state index contributed by atoms with van der Waals surface area (Å²) in [5, 5.41) is 20.3. The van der Waals surface area contributed by atoms with E-state index in [4.69, 9.17) is 0 Å². The van der Waals surface area contributed by atoms with E-state index in [0.717, 1.165) is 0 Å². The molecule has 2 aromatic carbocycles. The van der Waals surface area contributed by atoms with E-state index in [2.05, 4.69) is 0 Å². The minimum atomic E-state index is -1.08. The predicted octanol–water partition coefficient (Wildman–Crippen LogP) is 3.53. The molecular formula is C16H13NO4. The molecule has 1 N–H and O–H groups in total. The van der Waals surface area contributed by atoms with Crippen molar-refractivity contribution < 1.29 is 14.8 Å². The minimum Gasteiger partial charge on any atom is -0.478 e. The summed E-state index contributed by atoms with van der Waals surface area (Å²) < 4.78 is 0. The first-order chi connectivity index (χ1) is 9.99. The maximum atomic E-state index is 11.4. The van der Waals surface area contributed by atoms with Gasteiger partial charge in [-0.2, -0.15) is 0 Å². The molecule has 0 heterocycles. The van der Waals surface area contributed by atoms with E-state index in [9.17, 15) is 20.0 Å². The molecule has 0 aromatic heterocycles. The highest BCUT2D eigenvalue weighted by atomic mass is 16.6. The highest BCUT2D eigenvalue weighted by molar-refractivity contribution is 6.20. The lowest BCUT2D eigenvalue weighted by Crippen LogP contribution is -1.99. The molecule has 0 aliphatic rings. The van der Waals surface area contributed by atoms with Gasteiger partial charge < -0.3 is 5.11 Å². The number of nitrogens with zero attached hydrogens (tertiary/aromatic N) is 1. The highest BCUT2D eigenvalue weighted by Gasteiger charge is 2.13. The molecule has 2 aromatic rings. The zero-order chi connectivity index (χ0) is 15.4. The predicted molar refractivity (Wildman–Crippen MR) is 79.8 cm³/mol. The molecule has 5 heteroatoms. The summed E-state index contributed by atoms with van der Waals surface area (Å²) in [6.45, 7) is 1.64. The van der Waals surface area contributed by atoms with Gasteiger partial charge in [-0.25, -0.2) is 4.79 Å². The number of carbonyl (C=O) groups is 1. The Hall–Kier alpha value is -2.95. The number of nitro benzene ring substituents is 1. The van der Waals surface area contributed by atoms with E-state index in [1.54, 1.807) is 49.4 Å². The molecule has 0 amide bonds. The van der Waals surface area contributed by atoms with Crippen LogP contribution in [-0.4, -0.2) is 16.0 Å². The second-order valence-corrected chi connectivity index (χ2v) is 4.53. The first-order valence-electron chi connectivity index (χ1n) is 6.24. The number of hydrogen-bond donors (Lipinski definition) is 1. The summed E-state index contributed by atoms with van der Waals surface area (Å²) >= 11 is 0. The van der Waals surface area contributed by atoms with Crippen molar-refractivity contribution in [3.63, 3.8) is 0 Å². The summed E-state index contributed by atoms with van der Waals surface area (Å²) in [7, 11) is 0. The van der Waals surface area contributed by atoms with Crippen LogP contribution >= 0.6 is 0 Å². The number of carboxylic acid groups (broad SMARTS) is 1. The van der Waals surface area contributed by atoms with Crippen LogP contribution in [0, 0.1) is 17.0 Å². The quantitative estimate of drug-likeness (QED) is 0.403. The molecule has 0 bridgehead atoms. The van der Waals surface area contributed by atoms with Crippen molar-refractivity contribution >= 4 is 23.3 Å². The van der Waals surface area contributed by atoms with E-state index >= 15 is 0 Å². The molecule has 5 nitrogen and oxygen atoms in total. The maximum Gasteiger partial charge on any atom is 0.336 e. The summed E-state index contributed by atoms with van der Waals surface area (Å²) in [5.74, 6) is -1.08. The van der Waals surface area contributed by atoms with Gasteiger partial charge in [0.25, 0.3) is 5.69 Å². The Balaban J connectivity index is 2.52. The van der Waals surface area contributed by atoms with Crippen molar-refractivity contribution in [3.05, 3.63) is 75.3 Å². The average molecular weight is 283 g/mol. The van der Waals surface area contributed by atoms with Gasteiger partial charge in [0.2, 0.25) is 0 Å². The van der Waals surface area contributed by atoms with Crippen LogP contribution in [0.25, 0.3) is 11.6 Å². The number of carboxylic acids is 1. The van der Waals surface area contributed by atoms with Gasteiger partial charge in [-0.15, -0.1) is 0 Å². The van der Waals surface area contributed by atoms with Gasteiger partial charge in [0.1, 0.15) is 0 Å². The number of nitro groups is 1. The summed E-state index contributed by atoms with van der Waals surface area (Å²) in [4.78, 5) is 21.8. The second-order valence-electron chi connectivity index (χ2n) is 4.53. The van der Waals surface area contributed by atoms with Gasteiger partial charge >= 0.3 is 5.97 Å². The van der Waals surface area contributed by atoms with Crippen molar-refractivity contribution in [1.82, 2.24) is 0 Å². The molecule has 0 fully saturated rings. The number of rotatable bonds is 4. The molecule has 0 spiro atoms. The molecule has 0 aliphatic heterocycles. The smallest absolute Gasteiger partial charge is 0.336 e. The molecule has 21 heavy (non-hydrogen) atoms. The van der Waals surface area contributed by atoms with Crippen LogP contribution in [0.5, 0.6) is 0 Å². The third kappa shape index (κ3) is 3.33. The molecule has 0 atom stereocenters. The average Bonchev–Trinajstić information content (AvgIpc) is 2.46. The zero-order valence-electron chi connectivity index (χ0n) is 11.3. The Bertz CT molecular complexity index is 720. The fourth-order valence-electron chi connectivity index (χ4n) is 1.97. The van der Waals surface area contributed by atoms with Gasteiger partial charge in [0.05, 0.1) is 10.5 Å². The van der Waals surface area contributed by atoms with Crippen molar-refractivity contribution in [1.29, 1.82) is 0 Å². The zero-order valence-corrected chi connectivity index (χ0v) is 11.3. The largest absolute Gasteiger partial charge is 0.478 e.